The summed E-state index contributed by atoms with van der Waals surface area (Å²) < 4.78 is 4.18. The number of rotatable bonds is 5. The van der Waals surface area contributed by atoms with Crippen molar-refractivity contribution in [3.05, 3.63) is 0 Å². The molecule has 0 rings (SSSR count). The van der Waals surface area contributed by atoms with Gasteiger partial charge in [-0.3, -0.25) is 0 Å². The molecule has 5 N–H and O–H groups in total. The van der Waals surface area contributed by atoms with Crippen LogP contribution in [0.3, 0.4) is 0 Å². The van der Waals surface area contributed by atoms with Crippen molar-refractivity contribution in [1.29, 1.82) is 0 Å². The van der Waals surface area contributed by atoms with Crippen molar-refractivity contribution in [2.75, 3.05) is 32.9 Å². The topological polar surface area (TPSA) is 105 Å². The van der Waals surface area contributed by atoms with Crippen LogP contribution in [0.1, 0.15) is 6.92 Å². The summed E-state index contributed by atoms with van der Waals surface area (Å²) in [5.41, 5.74) is 4.54. The van der Waals surface area contributed by atoms with E-state index in [4.69, 9.17) is 10.2 Å². The fraction of sp³-hybridized carbons (Fsp3) is 0.857. The minimum atomic E-state index is -0.711. The third kappa shape index (κ3) is 24.7. The van der Waals surface area contributed by atoms with E-state index in [0.29, 0.717) is 19.7 Å². The van der Waals surface area contributed by atoms with Crippen molar-refractivity contribution in [3.8, 4) is 0 Å². The maximum atomic E-state index is 9.60. The Kier molecular flexibility index (Phi) is 15.5. The van der Waals surface area contributed by atoms with Crippen LogP contribution in [0, 0.1) is 0 Å². The largest absolute Gasteiger partial charge is 0.450 e. The molecule has 0 aromatic heterocycles. The Morgan fingerprint density at radius 2 is 1.85 bits per heavy atom. The van der Waals surface area contributed by atoms with Gasteiger partial charge in [-0.05, 0) is 6.92 Å². The molecule has 0 radical (unpaired) electrons. The zero-order valence-corrected chi connectivity index (χ0v) is 7.82. The first-order chi connectivity index (χ1) is 6.18. The number of primary amides is 1. The quantitative estimate of drug-likeness (QED) is 0.405. The summed E-state index contributed by atoms with van der Waals surface area (Å²) in [7, 11) is 0. The van der Waals surface area contributed by atoms with Gasteiger partial charge in [0.05, 0.1) is 19.8 Å². The fourth-order valence-corrected chi connectivity index (χ4v) is 0.425. The highest BCUT2D eigenvalue weighted by Crippen LogP contribution is 1.66. The van der Waals surface area contributed by atoms with Gasteiger partial charge < -0.3 is 26.0 Å². The average Bonchev–Trinajstić information content (AvgIpc) is 2.06. The van der Waals surface area contributed by atoms with Crippen LogP contribution in [0.5, 0.6) is 0 Å². The maximum absolute atomic E-state index is 9.60. The van der Waals surface area contributed by atoms with Crippen LogP contribution in [-0.2, 0) is 4.74 Å². The number of aliphatic hydroxyl groups excluding tert-OH is 2. The normalized spacial score (nSPS) is 8.54. The molecule has 0 spiro atoms. The second kappa shape index (κ2) is 13.7. The minimum Gasteiger partial charge on any atom is -0.450 e. The summed E-state index contributed by atoms with van der Waals surface area (Å²) in [5, 5.41) is 19.1. The van der Waals surface area contributed by atoms with Gasteiger partial charge >= 0.3 is 6.09 Å². The number of nitrogens with one attached hydrogen (secondary N) is 1. The first-order valence-electron chi connectivity index (χ1n) is 4.03. The third-order valence-corrected chi connectivity index (χ3v) is 0.864. The number of nitrogens with two attached hydrogens (primary N) is 1. The van der Waals surface area contributed by atoms with E-state index in [2.05, 4.69) is 15.8 Å². The predicted molar refractivity (Wildman–Crippen MR) is 48.3 cm³/mol. The molecule has 6 heteroatoms. The first-order valence-corrected chi connectivity index (χ1v) is 4.03. The second-order valence-electron chi connectivity index (χ2n) is 1.95. The molecule has 0 aromatic carbocycles. The van der Waals surface area contributed by atoms with Crippen molar-refractivity contribution in [1.82, 2.24) is 5.32 Å². The summed E-state index contributed by atoms with van der Waals surface area (Å²) in [6.07, 6.45) is -0.711. The number of carbonyl (C=O) groups excluding carboxylic acids is 1. The molecule has 0 aliphatic carbocycles. The second-order valence-corrected chi connectivity index (χ2v) is 1.95. The molecule has 0 heterocycles. The SMILES string of the molecule is CCOC(N)=O.OCCNCCO. The van der Waals surface area contributed by atoms with E-state index in [0.717, 1.165) is 0 Å². The molecule has 0 aliphatic heterocycles. The lowest BCUT2D eigenvalue weighted by molar-refractivity contribution is 0.163. The van der Waals surface area contributed by atoms with Crippen LogP contribution in [0.15, 0.2) is 0 Å². The van der Waals surface area contributed by atoms with Crippen LogP contribution >= 0.6 is 0 Å². The smallest absolute Gasteiger partial charge is 0.404 e. The third-order valence-electron chi connectivity index (χ3n) is 0.864. The Balaban J connectivity index is 0. The monoisotopic (exact) mass is 194 g/mol. The van der Waals surface area contributed by atoms with Crippen LogP contribution in [-0.4, -0.2) is 49.2 Å². The zero-order valence-electron chi connectivity index (χ0n) is 7.82. The van der Waals surface area contributed by atoms with Crippen molar-refractivity contribution in [2.24, 2.45) is 5.73 Å². The Morgan fingerprint density at radius 1 is 1.38 bits per heavy atom. The highest BCUT2D eigenvalue weighted by molar-refractivity contribution is 5.64. The van der Waals surface area contributed by atoms with E-state index < -0.39 is 6.09 Å². The molecule has 6 nitrogen and oxygen atoms in total. The molecule has 80 valence electrons. The number of hydrogen-bond acceptors (Lipinski definition) is 5. The van der Waals surface area contributed by atoms with Gasteiger partial charge in [0.15, 0.2) is 0 Å². The molecule has 0 aliphatic rings. The lowest BCUT2D eigenvalue weighted by Gasteiger charge is -1.94. The molecule has 0 aromatic rings. The van der Waals surface area contributed by atoms with Crippen molar-refractivity contribution in [3.63, 3.8) is 0 Å². The fourth-order valence-electron chi connectivity index (χ4n) is 0.425. The van der Waals surface area contributed by atoms with E-state index in [1.807, 2.05) is 0 Å². The highest BCUT2D eigenvalue weighted by Gasteiger charge is 1.82. The van der Waals surface area contributed by atoms with Gasteiger partial charge in [-0.15, -0.1) is 0 Å². The lowest BCUT2D eigenvalue weighted by atomic mass is 10.6. The van der Waals surface area contributed by atoms with E-state index in [1.54, 1.807) is 6.92 Å². The number of carbonyl (C=O) groups is 1. The maximum Gasteiger partial charge on any atom is 0.404 e. The van der Waals surface area contributed by atoms with E-state index in [9.17, 15) is 4.79 Å². The first kappa shape index (κ1) is 14.7. The highest BCUT2D eigenvalue weighted by atomic mass is 16.5. The molecule has 13 heavy (non-hydrogen) atoms. The van der Waals surface area contributed by atoms with E-state index in [1.165, 1.54) is 0 Å². The summed E-state index contributed by atoms with van der Waals surface area (Å²) in [6, 6.07) is 0. The van der Waals surface area contributed by atoms with E-state index >= 15 is 0 Å². The minimum absolute atomic E-state index is 0.139. The molecular weight excluding hydrogens is 176 g/mol. The summed E-state index contributed by atoms with van der Waals surface area (Å²) in [6.45, 7) is 3.47. The Labute approximate surface area is 77.7 Å². The zero-order chi connectivity index (χ0) is 10.5. The number of hydrogen-bond donors (Lipinski definition) is 4. The number of amides is 1. The standard InChI is InChI=1S/C4H11NO2.C3H7NO2/c6-3-1-5-2-4-7;1-2-6-3(4)5/h5-7H,1-4H2;2H2,1H3,(H2,4,5). The molecule has 0 unspecified atom stereocenters. The van der Waals surface area contributed by atoms with Crippen molar-refractivity contribution < 1.29 is 19.7 Å². The molecule has 0 fully saturated rings. The van der Waals surface area contributed by atoms with Gasteiger partial charge in [-0.25, -0.2) is 4.79 Å². The van der Waals surface area contributed by atoms with Crippen LogP contribution < -0.4 is 11.1 Å². The Bertz CT molecular complexity index is 107. The summed E-state index contributed by atoms with van der Waals surface area (Å²) >= 11 is 0. The number of ether oxygens (including phenoxy) is 1. The van der Waals surface area contributed by atoms with Crippen molar-refractivity contribution in [2.45, 2.75) is 6.92 Å². The lowest BCUT2D eigenvalue weighted by Crippen LogP contribution is -2.21. The van der Waals surface area contributed by atoms with Crippen LogP contribution in [0.25, 0.3) is 0 Å². The van der Waals surface area contributed by atoms with Gasteiger partial charge in [-0.1, -0.05) is 0 Å². The predicted octanol–water partition coefficient (Wildman–Crippen LogP) is -1.34. The van der Waals surface area contributed by atoms with Gasteiger partial charge in [-0.2, -0.15) is 0 Å². The Hall–Kier alpha value is -0.850. The van der Waals surface area contributed by atoms with Crippen LogP contribution in [0.2, 0.25) is 0 Å². The molecule has 0 atom stereocenters. The molecule has 0 saturated heterocycles. The summed E-state index contributed by atoms with van der Waals surface area (Å²) in [5.74, 6) is 0. The molecule has 1 amide bonds. The molecular formula is C7H18N2O4. The Morgan fingerprint density at radius 3 is 2.00 bits per heavy atom. The van der Waals surface area contributed by atoms with E-state index in [-0.39, 0.29) is 13.2 Å². The average molecular weight is 194 g/mol. The van der Waals surface area contributed by atoms with Gasteiger partial charge in [0, 0.05) is 13.1 Å². The van der Waals surface area contributed by atoms with Gasteiger partial charge in [0.25, 0.3) is 0 Å². The molecule has 0 bridgehead atoms. The summed E-state index contributed by atoms with van der Waals surface area (Å²) in [4.78, 5) is 9.60. The molecule has 0 saturated carbocycles. The van der Waals surface area contributed by atoms with Crippen LogP contribution in [0.4, 0.5) is 4.79 Å². The van der Waals surface area contributed by atoms with Crippen molar-refractivity contribution >= 4 is 6.09 Å². The van der Waals surface area contributed by atoms with Gasteiger partial charge in [0.1, 0.15) is 0 Å². The van der Waals surface area contributed by atoms with Gasteiger partial charge in [0.2, 0.25) is 0 Å². The number of aliphatic hydroxyl groups is 2.